The number of fused-ring (bicyclic) bond motifs is 1. The maximum absolute atomic E-state index is 12.5. The molecule has 2 aromatic heterocycles. The molecule has 1 amide bonds. The standard InChI is InChI=1S/C21H17N3O2S2/c1-26-17-6-4-12-22-19(17)24-20(25)15-10-8-14(9-11-15)13-27-21-23-16-5-2-3-7-18(16)28-21/h2-12H,13H2,1H3,(H,22,24,25). The number of aromatic nitrogens is 2. The van der Waals surface area contributed by atoms with Crippen molar-refractivity contribution in [3.8, 4) is 5.75 Å². The van der Waals surface area contributed by atoms with Crippen molar-refractivity contribution in [3.05, 3.63) is 78.0 Å². The first-order chi connectivity index (χ1) is 13.7. The van der Waals surface area contributed by atoms with Crippen LogP contribution in [0.5, 0.6) is 5.75 Å². The van der Waals surface area contributed by atoms with Crippen molar-refractivity contribution >= 4 is 45.0 Å². The predicted octanol–water partition coefficient (Wildman–Crippen LogP) is 5.24. The molecule has 0 fully saturated rings. The number of anilines is 1. The van der Waals surface area contributed by atoms with E-state index in [0.717, 1.165) is 21.2 Å². The first-order valence-corrected chi connectivity index (χ1v) is 10.4. The molecule has 2 heterocycles. The molecule has 4 aromatic rings. The molecule has 0 saturated heterocycles. The molecule has 0 bridgehead atoms. The second kappa shape index (κ2) is 8.41. The zero-order chi connectivity index (χ0) is 19.3. The number of carbonyl (C=O) groups is 1. The van der Waals surface area contributed by atoms with Crippen LogP contribution in [-0.2, 0) is 5.75 Å². The Morgan fingerprint density at radius 1 is 1.11 bits per heavy atom. The lowest BCUT2D eigenvalue weighted by atomic mass is 10.1. The van der Waals surface area contributed by atoms with E-state index in [1.807, 2.05) is 42.5 Å². The smallest absolute Gasteiger partial charge is 0.256 e. The monoisotopic (exact) mass is 407 g/mol. The zero-order valence-electron chi connectivity index (χ0n) is 15.1. The molecule has 1 N–H and O–H groups in total. The average Bonchev–Trinajstić information content (AvgIpc) is 3.16. The molecular weight excluding hydrogens is 390 g/mol. The summed E-state index contributed by atoms with van der Waals surface area (Å²) in [6, 6.07) is 19.2. The Labute approximate surface area is 170 Å². The Morgan fingerprint density at radius 3 is 2.71 bits per heavy atom. The van der Waals surface area contributed by atoms with E-state index in [4.69, 9.17) is 4.74 Å². The Bertz CT molecular complexity index is 1080. The van der Waals surface area contributed by atoms with Gasteiger partial charge in [-0.15, -0.1) is 11.3 Å². The highest BCUT2D eigenvalue weighted by molar-refractivity contribution is 8.00. The molecule has 0 spiro atoms. The van der Waals surface area contributed by atoms with Crippen molar-refractivity contribution in [1.29, 1.82) is 0 Å². The van der Waals surface area contributed by atoms with E-state index in [2.05, 4.69) is 21.4 Å². The minimum atomic E-state index is -0.220. The van der Waals surface area contributed by atoms with Crippen LogP contribution < -0.4 is 10.1 Å². The number of thioether (sulfide) groups is 1. The number of amides is 1. The van der Waals surface area contributed by atoms with Crippen molar-refractivity contribution in [2.24, 2.45) is 0 Å². The molecule has 5 nitrogen and oxygen atoms in total. The highest BCUT2D eigenvalue weighted by Gasteiger charge is 2.11. The van der Waals surface area contributed by atoms with E-state index in [1.165, 1.54) is 4.70 Å². The van der Waals surface area contributed by atoms with Crippen LogP contribution in [0.4, 0.5) is 5.82 Å². The van der Waals surface area contributed by atoms with Gasteiger partial charge in [0.25, 0.3) is 5.91 Å². The summed E-state index contributed by atoms with van der Waals surface area (Å²) in [5.41, 5.74) is 2.74. The van der Waals surface area contributed by atoms with Gasteiger partial charge in [0.2, 0.25) is 0 Å². The topological polar surface area (TPSA) is 64.1 Å². The number of benzene rings is 2. The Morgan fingerprint density at radius 2 is 1.93 bits per heavy atom. The quantitative estimate of drug-likeness (QED) is 0.443. The second-order valence-corrected chi connectivity index (χ2v) is 8.19. The molecule has 4 rings (SSSR count). The first kappa shape index (κ1) is 18.5. The second-order valence-electron chi connectivity index (χ2n) is 5.94. The Hall–Kier alpha value is -2.90. The lowest BCUT2D eigenvalue weighted by Crippen LogP contribution is -2.13. The van der Waals surface area contributed by atoms with Gasteiger partial charge in [0.05, 0.1) is 17.3 Å². The summed E-state index contributed by atoms with van der Waals surface area (Å²) >= 11 is 3.40. The Balaban J connectivity index is 1.39. The third-order valence-corrected chi connectivity index (χ3v) is 6.33. The van der Waals surface area contributed by atoms with E-state index in [0.29, 0.717) is 17.1 Å². The number of methoxy groups -OCH3 is 1. The minimum Gasteiger partial charge on any atom is -0.493 e. The molecule has 7 heteroatoms. The van der Waals surface area contributed by atoms with Crippen LogP contribution in [-0.4, -0.2) is 23.0 Å². The zero-order valence-corrected chi connectivity index (χ0v) is 16.7. The van der Waals surface area contributed by atoms with Gasteiger partial charge in [-0.2, -0.15) is 0 Å². The summed E-state index contributed by atoms with van der Waals surface area (Å²) in [6.07, 6.45) is 1.61. The number of thiazole rings is 1. The summed E-state index contributed by atoms with van der Waals surface area (Å²) < 4.78 is 7.45. The lowest BCUT2D eigenvalue weighted by molar-refractivity contribution is 0.102. The molecule has 28 heavy (non-hydrogen) atoms. The molecule has 140 valence electrons. The van der Waals surface area contributed by atoms with Crippen LogP contribution >= 0.6 is 23.1 Å². The fraction of sp³-hybridized carbons (Fsp3) is 0.0952. The molecule has 0 saturated carbocycles. The van der Waals surface area contributed by atoms with E-state index >= 15 is 0 Å². The van der Waals surface area contributed by atoms with Crippen LogP contribution in [0.1, 0.15) is 15.9 Å². The summed E-state index contributed by atoms with van der Waals surface area (Å²) in [5.74, 6) is 1.52. The molecule has 0 aliphatic heterocycles. The fourth-order valence-corrected chi connectivity index (χ4v) is 4.66. The number of hydrogen-bond donors (Lipinski definition) is 1. The maximum Gasteiger partial charge on any atom is 0.256 e. The number of ether oxygens (including phenoxy) is 1. The van der Waals surface area contributed by atoms with Crippen LogP contribution in [0.2, 0.25) is 0 Å². The summed E-state index contributed by atoms with van der Waals surface area (Å²) in [7, 11) is 1.55. The fourth-order valence-electron chi connectivity index (χ4n) is 2.64. The van der Waals surface area contributed by atoms with Gasteiger partial charge in [-0.3, -0.25) is 4.79 Å². The molecule has 0 unspecified atom stereocenters. The van der Waals surface area contributed by atoms with E-state index in [9.17, 15) is 4.79 Å². The largest absolute Gasteiger partial charge is 0.493 e. The van der Waals surface area contributed by atoms with Crippen molar-refractivity contribution in [2.75, 3.05) is 12.4 Å². The molecule has 0 radical (unpaired) electrons. The molecule has 0 aliphatic carbocycles. The van der Waals surface area contributed by atoms with Crippen LogP contribution in [0.15, 0.2) is 71.2 Å². The molecule has 0 atom stereocenters. The van der Waals surface area contributed by atoms with Gasteiger partial charge in [0.15, 0.2) is 15.9 Å². The number of nitrogens with zero attached hydrogens (tertiary/aromatic N) is 2. The van der Waals surface area contributed by atoms with E-state index < -0.39 is 0 Å². The van der Waals surface area contributed by atoms with Crippen molar-refractivity contribution in [1.82, 2.24) is 9.97 Å². The number of pyridine rings is 1. The predicted molar refractivity (Wildman–Crippen MR) is 114 cm³/mol. The SMILES string of the molecule is COc1cccnc1NC(=O)c1ccc(CSc2nc3ccccc3s2)cc1. The number of hydrogen-bond acceptors (Lipinski definition) is 6. The average molecular weight is 408 g/mol. The number of rotatable bonds is 6. The van der Waals surface area contributed by atoms with Gasteiger partial charge < -0.3 is 10.1 Å². The first-order valence-electron chi connectivity index (χ1n) is 8.60. The number of carbonyl (C=O) groups excluding carboxylic acids is 1. The van der Waals surface area contributed by atoms with E-state index in [-0.39, 0.29) is 5.91 Å². The van der Waals surface area contributed by atoms with Crippen LogP contribution in [0, 0.1) is 0 Å². The highest BCUT2D eigenvalue weighted by atomic mass is 32.2. The van der Waals surface area contributed by atoms with Crippen LogP contribution in [0.3, 0.4) is 0 Å². The Kier molecular flexibility index (Phi) is 5.55. The number of para-hydroxylation sites is 1. The van der Waals surface area contributed by atoms with Gasteiger partial charge in [-0.25, -0.2) is 9.97 Å². The van der Waals surface area contributed by atoms with Crippen molar-refractivity contribution in [2.45, 2.75) is 10.1 Å². The van der Waals surface area contributed by atoms with Gasteiger partial charge in [0.1, 0.15) is 0 Å². The molecule has 2 aromatic carbocycles. The van der Waals surface area contributed by atoms with E-state index in [1.54, 1.807) is 48.5 Å². The molecular formula is C21H17N3O2S2. The van der Waals surface area contributed by atoms with Crippen molar-refractivity contribution < 1.29 is 9.53 Å². The van der Waals surface area contributed by atoms with Crippen LogP contribution in [0.25, 0.3) is 10.2 Å². The minimum absolute atomic E-state index is 0.220. The lowest BCUT2D eigenvalue weighted by Gasteiger charge is -2.09. The third kappa shape index (κ3) is 4.16. The van der Waals surface area contributed by atoms with Gasteiger partial charge in [0, 0.05) is 17.5 Å². The summed E-state index contributed by atoms with van der Waals surface area (Å²) in [5, 5.41) is 2.78. The molecule has 0 aliphatic rings. The van der Waals surface area contributed by atoms with Crippen molar-refractivity contribution in [3.63, 3.8) is 0 Å². The normalized spacial score (nSPS) is 10.8. The van der Waals surface area contributed by atoms with Gasteiger partial charge >= 0.3 is 0 Å². The highest BCUT2D eigenvalue weighted by Crippen LogP contribution is 2.31. The summed E-state index contributed by atoms with van der Waals surface area (Å²) in [4.78, 5) is 21.2. The van der Waals surface area contributed by atoms with Gasteiger partial charge in [-0.1, -0.05) is 36.0 Å². The number of nitrogens with one attached hydrogen (secondary N) is 1. The third-order valence-electron chi connectivity index (χ3n) is 4.08. The van der Waals surface area contributed by atoms with Gasteiger partial charge in [-0.05, 0) is 42.0 Å². The maximum atomic E-state index is 12.5. The summed E-state index contributed by atoms with van der Waals surface area (Å²) in [6.45, 7) is 0.